The molecule has 1 aromatic rings. The highest BCUT2D eigenvalue weighted by Gasteiger charge is 2.27. The van der Waals surface area contributed by atoms with Crippen LogP contribution in [-0.2, 0) is 11.2 Å². The number of carbonyl (C=O) groups is 1. The number of hydrogen-bond donors (Lipinski definition) is 1. The Morgan fingerprint density at radius 3 is 2.67 bits per heavy atom. The topological polar surface area (TPSA) is 46.3 Å². The first-order valence-electron chi connectivity index (χ1n) is 7.38. The zero-order valence-electron chi connectivity index (χ0n) is 12.4. The van der Waals surface area contributed by atoms with Crippen LogP contribution in [-0.4, -0.2) is 29.4 Å². The molecule has 5 heteroatoms. The standard InChI is InChI=1S/C16H23FN2O.ClH/c1-12(18)16(20)19(15-7-2-3-8-15)10-9-13-5-4-6-14(17)11-13;/h4-6,11-12,15H,2-3,7-10,18H2,1H3;1H/t12-;/m0./s1. The summed E-state index contributed by atoms with van der Waals surface area (Å²) in [6, 6.07) is 6.41. The Balaban J connectivity index is 0.00000220. The predicted molar refractivity (Wildman–Crippen MR) is 85.0 cm³/mol. The van der Waals surface area contributed by atoms with Crippen LogP contribution in [0.5, 0.6) is 0 Å². The van der Waals surface area contributed by atoms with Crippen LogP contribution in [0.25, 0.3) is 0 Å². The molecule has 1 atom stereocenters. The van der Waals surface area contributed by atoms with Gasteiger partial charge in [-0.3, -0.25) is 4.79 Å². The van der Waals surface area contributed by atoms with Crippen molar-refractivity contribution in [1.82, 2.24) is 4.90 Å². The van der Waals surface area contributed by atoms with Gasteiger partial charge in [0.05, 0.1) is 6.04 Å². The smallest absolute Gasteiger partial charge is 0.239 e. The maximum Gasteiger partial charge on any atom is 0.239 e. The second kappa shape index (κ2) is 8.35. The summed E-state index contributed by atoms with van der Waals surface area (Å²) in [4.78, 5) is 14.2. The molecule has 1 aliphatic rings. The molecule has 0 saturated heterocycles. The highest BCUT2D eigenvalue weighted by Crippen LogP contribution is 2.24. The molecule has 21 heavy (non-hydrogen) atoms. The Morgan fingerprint density at radius 1 is 1.43 bits per heavy atom. The molecule has 0 aliphatic heterocycles. The number of nitrogens with two attached hydrogens (primary N) is 1. The van der Waals surface area contributed by atoms with Gasteiger partial charge in [-0.25, -0.2) is 4.39 Å². The predicted octanol–water partition coefficient (Wildman–Crippen LogP) is 2.91. The molecule has 0 bridgehead atoms. The third-order valence-electron chi connectivity index (χ3n) is 3.97. The molecule has 0 heterocycles. The summed E-state index contributed by atoms with van der Waals surface area (Å²) in [5, 5.41) is 0. The Kier molecular flexibility index (Phi) is 7.12. The van der Waals surface area contributed by atoms with Crippen LogP contribution in [0.4, 0.5) is 4.39 Å². The Morgan fingerprint density at radius 2 is 2.10 bits per heavy atom. The molecule has 1 aliphatic carbocycles. The maximum absolute atomic E-state index is 13.2. The number of nitrogens with zero attached hydrogens (tertiary/aromatic N) is 1. The molecule has 1 aromatic carbocycles. The van der Waals surface area contributed by atoms with Gasteiger partial charge in [-0.05, 0) is 43.9 Å². The van der Waals surface area contributed by atoms with Crippen molar-refractivity contribution in [2.45, 2.75) is 51.1 Å². The van der Waals surface area contributed by atoms with Gasteiger partial charge in [-0.15, -0.1) is 12.4 Å². The molecule has 1 saturated carbocycles. The summed E-state index contributed by atoms with van der Waals surface area (Å²) in [6.07, 6.45) is 5.14. The summed E-state index contributed by atoms with van der Waals surface area (Å²) in [6.45, 7) is 2.35. The van der Waals surface area contributed by atoms with Gasteiger partial charge in [0, 0.05) is 12.6 Å². The normalized spacial score (nSPS) is 16.3. The molecular weight excluding hydrogens is 291 g/mol. The van der Waals surface area contributed by atoms with Gasteiger partial charge in [0.15, 0.2) is 0 Å². The second-order valence-electron chi connectivity index (χ2n) is 5.64. The van der Waals surface area contributed by atoms with Gasteiger partial charge in [-0.2, -0.15) is 0 Å². The van der Waals surface area contributed by atoms with Gasteiger partial charge in [0.25, 0.3) is 0 Å². The summed E-state index contributed by atoms with van der Waals surface area (Å²) in [5.74, 6) is -0.221. The highest BCUT2D eigenvalue weighted by molar-refractivity contribution is 5.85. The first kappa shape index (κ1) is 17.9. The minimum Gasteiger partial charge on any atom is -0.338 e. The zero-order chi connectivity index (χ0) is 14.5. The number of amides is 1. The second-order valence-corrected chi connectivity index (χ2v) is 5.64. The minimum absolute atomic E-state index is 0. The van der Waals surface area contributed by atoms with E-state index in [0.717, 1.165) is 18.4 Å². The van der Waals surface area contributed by atoms with E-state index < -0.39 is 6.04 Å². The lowest BCUT2D eigenvalue weighted by Crippen LogP contribution is -2.47. The molecule has 3 nitrogen and oxygen atoms in total. The van der Waals surface area contributed by atoms with Gasteiger partial charge in [0.1, 0.15) is 5.82 Å². The first-order chi connectivity index (χ1) is 9.58. The van der Waals surface area contributed by atoms with Crippen LogP contribution in [0.3, 0.4) is 0 Å². The van der Waals surface area contributed by atoms with E-state index in [1.165, 1.54) is 25.0 Å². The maximum atomic E-state index is 13.2. The first-order valence-corrected chi connectivity index (χ1v) is 7.38. The van der Waals surface area contributed by atoms with E-state index in [-0.39, 0.29) is 24.1 Å². The summed E-state index contributed by atoms with van der Waals surface area (Å²) < 4.78 is 13.2. The average Bonchev–Trinajstić information content (AvgIpc) is 2.92. The molecule has 0 unspecified atom stereocenters. The summed E-state index contributed by atoms with van der Waals surface area (Å²) in [7, 11) is 0. The Bertz CT molecular complexity index is 461. The van der Waals surface area contributed by atoms with Gasteiger partial charge < -0.3 is 10.6 Å². The molecule has 1 amide bonds. The van der Waals surface area contributed by atoms with Crippen LogP contribution in [0.1, 0.15) is 38.2 Å². The van der Waals surface area contributed by atoms with Crippen LogP contribution < -0.4 is 5.73 Å². The molecular formula is C16H24ClFN2O. The molecule has 2 rings (SSSR count). The zero-order valence-corrected chi connectivity index (χ0v) is 13.2. The molecule has 0 spiro atoms. The highest BCUT2D eigenvalue weighted by atomic mass is 35.5. The van der Waals surface area contributed by atoms with E-state index in [0.29, 0.717) is 19.0 Å². The van der Waals surface area contributed by atoms with Crippen LogP contribution in [0.2, 0.25) is 0 Å². The SMILES string of the molecule is C[C@H](N)C(=O)N(CCc1cccc(F)c1)C1CCCC1.Cl. The van der Waals surface area contributed by atoms with Gasteiger partial charge in [-0.1, -0.05) is 25.0 Å². The number of benzene rings is 1. The van der Waals surface area contributed by atoms with E-state index in [1.807, 2.05) is 11.0 Å². The molecule has 0 radical (unpaired) electrons. The third kappa shape index (κ3) is 4.97. The number of hydrogen-bond acceptors (Lipinski definition) is 2. The summed E-state index contributed by atoms with van der Waals surface area (Å²) in [5.41, 5.74) is 6.67. The Hall–Kier alpha value is -1.13. The van der Waals surface area contributed by atoms with Crippen molar-refractivity contribution in [1.29, 1.82) is 0 Å². The average molecular weight is 315 g/mol. The number of carbonyl (C=O) groups excluding carboxylic acids is 1. The van der Waals surface area contributed by atoms with Crippen molar-refractivity contribution in [3.05, 3.63) is 35.6 Å². The fourth-order valence-corrected chi connectivity index (χ4v) is 2.89. The van der Waals surface area contributed by atoms with Gasteiger partial charge in [0.2, 0.25) is 5.91 Å². The fourth-order valence-electron chi connectivity index (χ4n) is 2.89. The van der Waals surface area contributed by atoms with Crippen molar-refractivity contribution < 1.29 is 9.18 Å². The fraction of sp³-hybridized carbons (Fsp3) is 0.562. The van der Waals surface area contributed by atoms with Crippen molar-refractivity contribution >= 4 is 18.3 Å². The lowest BCUT2D eigenvalue weighted by molar-refractivity contribution is -0.134. The number of rotatable bonds is 5. The minimum atomic E-state index is -0.469. The lowest BCUT2D eigenvalue weighted by Gasteiger charge is -2.30. The summed E-state index contributed by atoms with van der Waals surface area (Å²) >= 11 is 0. The van der Waals surface area contributed by atoms with Crippen molar-refractivity contribution in [3.8, 4) is 0 Å². The van der Waals surface area contributed by atoms with E-state index in [1.54, 1.807) is 13.0 Å². The van der Waals surface area contributed by atoms with Crippen molar-refractivity contribution in [3.63, 3.8) is 0 Å². The van der Waals surface area contributed by atoms with E-state index in [9.17, 15) is 9.18 Å². The van der Waals surface area contributed by atoms with Crippen LogP contribution in [0, 0.1) is 5.82 Å². The van der Waals surface area contributed by atoms with Gasteiger partial charge >= 0.3 is 0 Å². The molecule has 2 N–H and O–H groups in total. The monoisotopic (exact) mass is 314 g/mol. The van der Waals surface area contributed by atoms with E-state index in [2.05, 4.69) is 0 Å². The van der Waals surface area contributed by atoms with Crippen LogP contribution in [0.15, 0.2) is 24.3 Å². The van der Waals surface area contributed by atoms with E-state index >= 15 is 0 Å². The number of halogens is 2. The largest absolute Gasteiger partial charge is 0.338 e. The third-order valence-corrected chi connectivity index (χ3v) is 3.97. The Labute approximate surface area is 132 Å². The van der Waals surface area contributed by atoms with E-state index in [4.69, 9.17) is 5.73 Å². The molecule has 1 fully saturated rings. The van der Waals surface area contributed by atoms with Crippen LogP contribution >= 0.6 is 12.4 Å². The quantitative estimate of drug-likeness (QED) is 0.908. The molecule has 0 aromatic heterocycles. The lowest BCUT2D eigenvalue weighted by atomic mass is 10.1. The van der Waals surface area contributed by atoms with Crippen molar-refractivity contribution in [2.24, 2.45) is 5.73 Å². The van der Waals surface area contributed by atoms with Crippen molar-refractivity contribution in [2.75, 3.05) is 6.54 Å². The molecule has 118 valence electrons.